The van der Waals surface area contributed by atoms with Gasteiger partial charge in [0.05, 0.1) is 0 Å². The topological polar surface area (TPSA) is 85.8 Å². The van der Waals surface area contributed by atoms with Gasteiger partial charge in [-0.05, 0) is 55.9 Å². The molecule has 0 fully saturated rings. The van der Waals surface area contributed by atoms with Gasteiger partial charge in [-0.25, -0.2) is 0 Å². The molecule has 0 aromatic heterocycles. The van der Waals surface area contributed by atoms with Crippen molar-refractivity contribution in [3.8, 4) is 0 Å². The zero-order valence-electron chi connectivity index (χ0n) is 16.6. The fourth-order valence-electron chi connectivity index (χ4n) is 2.75. The number of amides is 1. The molecule has 1 aromatic carbocycles. The van der Waals surface area contributed by atoms with E-state index in [4.69, 9.17) is 0 Å². The number of aliphatic hydroxyl groups excluding tert-OH is 1. The molecule has 1 atom stereocenters. The zero-order valence-corrected chi connectivity index (χ0v) is 18.2. The minimum absolute atomic E-state index is 0.0429. The fourth-order valence-corrected chi connectivity index (χ4v) is 3.01. The number of nitrogens with one attached hydrogen (secondary N) is 3. The second kappa shape index (κ2) is 13.6. The second-order valence-electron chi connectivity index (χ2n) is 6.96. The maximum Gasteiger partial charge on any atom is 0.226 e. The first-order chi connectivity index (χ1) is 12.9. The van der Waals surface area contributed by atoms with Crippen molar-refractivity contribution < 1.29 is 9.90 Å². The average molecular weight is 441 g/mol. The molecule has 0 heterocycles. The summed E-state index contributed by atoms with van der Waals surface area (Å²) in [6.45, 7) is 8.49. The highest BCUT2D eigenvalue weighted by Crippen LogP contribution is 2.16. The molecule has 0 spiro atoms. The van der Waals surface area contributed by atoms with Crippen molar-refractivity contribution in [2.45, 2.75) is 40.0 Å². The van der Waals surface area contributed by atoms with Crippen LogP contribution in [0.25, 0.3) is 0 Å². The summed E-state index contributed by atoms with van der Waals surface area (Å²) in [6, 6.07) is 7.50. The van der Waals surface area contributed by atoms with Crippen LogP contribution in [0.1, 0.15) is 40.0 Å². The number of benzene rings is 1. The van der Waals surface area contributed by atoms with E-state index in [0.29, 0.717) is 37.3 Å². The molecule has 0 radical (unpaired) electrons. The monoisotopic (exact) mass is 440 g/mol. The van der Waals surface area contributed by atoms with Crippen molar-refractivity contribution in [1.82, 2.24) is 10.6 Å². The number of halogens is 1. The van der Waals surface area contributed by atoms with Crippen molar-refractivity contribution >= 4 is 33.5 Å². The van der Waals surface area contributed by atoms with Gasteiger partial charge >= 0.3 is 0 Å². The Bertz CT molecular complexity index is 576. The zero-order chi connectivity index (χ0) is 20.1. The molecule has 6 nitrogen and oxygen atoms in total. The largest absolute Gasteiger partial charge is 0.396 e. The molecule has 0 bridgehead atoms. The van der Waals surface area contributed by atoms with Gasteiger partial charge in [0.1, 0.15) is 0 Å². The van der Waals surface area contributed by atoms with Crippen LogP contribution in [0.15, 0.2) is 33.7 Å². The summed E-state index contributed by atoms with van der Waals surface area (Å²) in [4.78, 5) is 16.7. The van der Waals surface area contributed by atoms with Crippen LogP contribution in [0, 0.1) is 11.8 Å². The van der Waals surface area contributed by atoms with Gasteiger partial charge in [0.2, 0.25) is 5.91 Å². The fraction of sp³-hybridized carbons (Fsp3) is 0.600. The standard InChI is InChI=1S/C20H33BrN4O2/c1-4-22-20(24-14-16(10-12-26)13-15(2)3)23-11-9-19(27)25-18-7-5-17(21)6-8-18/h5-8,15-16,26H,4,9-14H2,1-3H3,(H,25,27)(H2,22,23,24). The Kier molecular flexibility index (Phi) is 11.8. The first kappa shape index (κ1) is 23.4. The number of aliphatic imine (C=N–C) groups is 1. The van der Waals surface area contributed by atoms with Crippen LogP contribution in [0.2, 0.25) is 0 Å². The number of nitrogens with zero attached hydrogens (tertiary/aromatic N) is 1. The molecule has 0 aliphatic rings. The molecule has 0 aliphatic carbocycles. The second-order valence-corrected chi connectivity index (χ2v) is 7.88. The Morgan fingerprint density at radius 1 is 1.22 bits per heavy atom. The minimum Gasteiger partial charge on any atom is -0.396 e. The molecule has 0 aliphatic heterocycles. The van der Waals surface area contributed by atoms with Gasteiger partial charge in [0.25, 0.3) is 0 Å². The Balaban J connectivity index is 2.45. The molecule has 0 saturated heterocycles. The molecule has 152 valence electrons. The number of hydrogen-bond acceptors (Lipinski definition) is 3. The van der Waals surface area contributed by atoms with Crippen molar-refractivity contribution in [2.24, 2.45) is 16.8 Å². The summed E-state index contributed by atoms with van der Waals surface area (Å²) in [5.74, 6) is 1.61. The lowest BCUT2D eigenvalue weighted by atomic mass is 9.94. The van der Waals surface area contributed by atoms with Gasteiger partial charge in [-0.2, -0.15) is 0 Å². The van der Waals surface area contributed by atoms with E-state index in [-0.39, 0.29) is 12.5 Å². The number of aliphatic hydroxyl groups is 1. The number of anilines is 1. The van der Waals surface area contributed by atoms with Crippen molar-refractivity contribution in [2.75, 3.05) is 31.6 Å². The Morgan fingerprint density at radius 3 is 2.52 bits per heavy atom. The highest BCUT2D eigenvalue weighted by molar-refractivity contribution is 9.10. The van der Waals surface area contributed by atoms with E-state index in [1.807, 2.05) is 31.2 Å². The molecule has 1 unspecified atom stereocenters. The van der Waals surface area contributed by atoms with Gasteiger partial charge in [0.15, 0.2) is 5.96 Å². The van der Waals surface area contributed by atoms with Gasteiger partial charge < -0.3 is 21.1 Å². The summed E-state index contributed by atoms with van der Waals surface area (Å²) >= 11 is 3.37. The summed E-state index contributed by atoms with van der Waals surface area (Å²) < 4.78 is 0.977. The van der Waals surface area contributed by atoms with Crippen LogP contribution in [-0.2, 0) is 4.79 Å². The van der Waals surface area contributed by atoms with E-state index in [2.05, 4.69) is 50.7 Å². The molecule has 27 heavy (non-hydrogen) atoms. The summed E-state index contributed by atoms with van der Waals surface area (Å²) in [6.07, 6.45) is 2.16. The SMILES string of the molecule is CCNC(=NCC(CCO)CC(C)C)NCCC(=O)Nc1ccc(Br)cc1. The van der Waals surface area contributed by atoms with E-state index in [1.165, 1.54) is 0 Å². The van der Waals surface area contributed by atoms with Crippen LogP contribution in [0.5, 0.6) is 0 Å². The van der Waals surface area contributed by atoms with Crippen LogP contribution >= 0.6 is 15.9 Å². The summed E-state index contributed by atoms with van der Waals surface area (Å²) in [5.41, 5.74) is 0.782. The molecular formula is C20H33BrN4O2. The summed E-state index contributed by atoms with van der Waals surface area (Å²) in [5, 5.41) is 18.5. The molecular weight excluding hydrogens is 408 g/mol. The number of hydrogen-bond donors (Lipinski definition) is 4. The van der Waals surface area contributed by atoms with Crippen LogP contribution in [0.3, 0.4) is 0 Å². The number of rotatable bonds is 11. The lowest BCUT2D eigenvalue weighted by Gasteiger charge is -2.17. The maximum atomic E-state index is 12.1. The van der Waals surface area contributed by atoms with Gasteiger partial charge in [-0.15, -0.1) is 0 Å². The third-order valence-corrected chi connectivity index (χ3v) is 4.50. The predicted molar refractivity (Wildman–Crippen MR) is 116 cm³/mol. The lowest BCUT2D eigenvalue weighted by Crippen LogP contribution is -2.39. The minimum atomic E-state index is -0.0429. The van der Waals surface area contributed by atoms with Crippen LogP contribution in [-0.4, -0.2) is 43.2 Å². The summed E-state index contributed by atoms with van der Waals surface area (Å²) in [7, 11) is 0. The third kappa shape index (κ3) is 11.0. The first-order valence-electron chi connectivity index (χ1n) is 9.63. The normalized spacial score (nSPS) is 12.7. The van der Waals surface area contributed by atoms with E-state index in [0.717, 1.165) is 29.5 Å². The average Bonchev–Trinajstić information content (AvgIpc) is 2.61. The molecule has 4 N–H and O–H groups in total. The highest BCUT2D eigenvalue weighted by Gasteiger charge is 2.11. The van der Waals surface area contributed by atoms with Crippen molar-refractivity contribution in [1.29, 1.82) is 0 Å². The first-order valence-corrected chi connectivity index (χ1v) is 10.4. The molecule has 1 amide bonds. The van der Waals surface area contributed by atoms with E-state index < -0.39 is 0 Å². The molecule has 1 aromatic rings. The lowest BCUT2D eigenvalue weighted by molar-refractivity contribution is -0.116. The quantitative estimate of drug-likeness (QED) is 0.313. The Morgan fingerprint density at radius 2 is 1.93 bits per heavy atom. The number of guanidine groups is 1. The highest BCUT2D eigenvalue weighted by atomic mass is 79.9. The number of carbonyl (C=O) groups excluding carboxylic acids is 1. The predicted octanol–water partition coefficient (Wildman–Crippen LogP) is 3.38. The van der Waals surface area contributed by atoms with E-state index in [1.54, 1.807) is 0 Å². The van der Waals surface area contributed by atoms with Crippen LogP contribution < -0.4 is 16.0 Å². The maximum absolute atomic E-state index is 12.1. The third-order valence-electron chi connectivity index (χ3n) is 3.97. The molecule has 0 saturated carbocycles. The molecule has 1 rings (SSSR count). The van der Waals surface area contributed by atoms with Crippen molar-refractivity contribution in [3.63, 3.8) is 0 Å². The van der Waals surface area contributed by atoms with Gasteiger partial charge in [-0.3, -0.25) is 9.79 Å². The number of carbonyl (C=O) groups is 1. The molecule has 7 heteroatoms. The van der Waals surface area contributed by atoms with E-state index >= 15 is 0 Å². The van der Waals surface area contributed by atoms with Crippen molar-refractivity contribution in [3.05, 3.63) is 28.7 Å². The Labute approximate surface area is 171 Å². The smallest absolute Gasteiger partial charge is 0.226 e. The van der Waals surface area contributed by atoms with E-state index in [9.17, 15) is 9.90 Å². The van der Waals surface area contributed by atoms with Gasteiger partial charge in [-0.1, -0.05) is 29.8 Å². The van der Waals surface area contributed by atoms with Crippen LogP contribution in [0.4, 0.5) is 5.69 Å². The Hall–Kier alpha value is -1.60. The van der Waals surface area contributed by atoms with Gasteiger partial charge in [0, 0.05) is 42.8 Å².